The second-order valence-corrected chi connectivity index (χ2v) is 9.29. The fourth-order valence-corrected chi connectivity index (χ4v) is 6.27. The summed E-state index contributed by atoms with van der Waals surface area (Å²) in [6.45, 7) is 2.02. The van der Waals surface area contributed by atoms with Gasteiger partial charge >= 0.3 is 0 Å². The van der Waals surface area contributed by atoms with Gasteiger partial charge in [-0.05, 0) is 75.8 Å². The summed E-state index contributed by atoms with van der Waals surface area (Å²) in [5, 5.41) is 3.01. The number of hydrogen-bond donors (Lipinski definition) is 1. The van der Waals surface area contributed by atoms with Crippen molar-refractivity contribution in [3.8, 4) is 0 Å². The molecule has 1 aromatic carbocycles. The van der Waals surface area contributed by atoms with E-state index >= 15 is 0 Å². The number of hydrogen-bond acceptors (Lipinski definition) is 3. The molecular weight excluding hydrogens is 352 g/mol. The number of amides is 3. The number of anilines is 1. The molecule has 5 rings (SSSR count). The number of imide groups is 1. The zero-order valence-corrected chi connectivity index (χ0v) is 16.4. The quantitative estimate of drug-likeness (QED) is 0.816. The van der Waals surface area contributed by atoms with Crippen molar-refractivity contribution in [1.29, 1.82) is 0 Å². The molecule has 0 spiro atoms. The van der Waals surface area contributed by atoms with Gasteiger partial charge in [-0.25, -0.2) is 0 Å². The lowest BCUT2D eigenvalue weighted by atomic mass is 9.81. The molecule has 2 bridgehead atoms. The molecule has 1 N–H and O–H groups in total. The Hall–Kier alpha value is -2.17. The van der Waals surface area contributed by atoms with Crippen molar-refractivity contribution in [1.82, 2.24) is 4.90 Å². The molecule has 0 radical (unpaired) electrons. The second kappa shape index (κ2) is 6.71. The summed E-state index contributed by atoms with van der Waals surface area (Å²) < 4.78 is 0. The van der Waals surface area contributed by atoms with Gasteiger partial charge in [0.2, 0.25) is 17.7 Å². The van der Waals surface area contributed by atoms with Crippen LogP contribution in [0.25, 0.3) is 0 Å². The van der Waals surface area contributed by atoms with Gasteiger partial charge in [-0.2, -0.15) is 0 Å². The molecule has 3 amide bonds. The molecule has 4 fully saturated rings. The fraction of sp³-hybridized carbons (Fsp3) is 0.609. The molecule has 1 heterocycles. The van der Waals surface area contributed by atoms with E-state index in [9.17, 15) is 14.4 Å². The molecule has 28 heavy (non-hydrogen) atoms. The minimum atomic E-state index is -0.0407. The van der Waals surface area contributed by atoms with Crippen LogP contribution in [0.2, 0.25) is 0 Å². The first-order chi connectivity index (χ1) is 13.5. The molecule has 3 saturated carbocycles. The van der Waals surface area contributed by atoms with Gasteiger partial charge in [0.25, 0.3) is 0 Å². The highest BCUT2D eigenvalue weighted by Crippen LogP contribution is 2.56. The van der Waals surface area contributed by atoms with Crippen LogP contribution in [-0.2, 0) is 14.4 Å². The maximum atomic E-state index is 13.0. The third-order valence-electron chi connectivity index (χ3n) is 7.71. The van der Waals surface area contributed by atoms with Crippen molar-refractivity contribution in [2.45, 2.75) is 57.9 Å². The van der Waals surface area contributed by atoms with Gasteiger partial charge in [0, 0.05) is 17.6 Å². The van der Waals surface area contributed by atoms with Crippen LogP contribution in [0.5, 0.6) is 0 Å². The molecule has 1 saturated heterocycles. The Kier molecular flexibility index (Phi) is 4.29. The molecule has 0 unspecified atom stereocenters. The highest BCUT2D eigenvalue weighted by atomic mass is 16.2. The van der Waals surface area contributed by atoms with E-state index in [0.717, 1.165) is 56.2 Å². The third kappa shape index (κ3) is 2.78. The normalized spacial score (nSPS) is 36.7. The van der Waals surface area contributed by atoms with Gasteiger partial charge in [0.1, 0.15) is 0 Å². The van der Waals surface area contributed by atoms with Crippen LogP contribution in [0.4, 0.5) is 5.69 Å². The topological polar surface area (TPSA) is 66.5 Å². The van der Waals surface area contributed by atoms with Crippen LogP contribution < -0.4 is 5.32 Å². The molecular formula is C23H28N2O3. The Labute approximate surface area is 165 Å². The smallest absolute Gasteiger partial charge is 0.233 e. The van der Waals surface area contributed by atoms with Crippen molar-refractivity contribution >= 4 is 23.4 Å². The van der Waals surface area contributed by atoms with Gasteiger partial charge in [-0.1, -0.05) is 17.7 Å². The van der Waals surface area contributed by atoms with Gasteiger partial charge in [0.15, 0.2) is 0 Å². The summed E-state index contributed by atoms with van der Waals surface area (Å²) in [7, 11) is 0. The summed E-state index contributed by atoms with van der Waals surface area (Å²) in [4.78, 5) is 40.2. The SMILES string of the molecule is Cc1ccc(NC(=O)C2CCC(N3C(=O)[C@@H]4[C@H]5CC[C@@H](C5)[C@@H]4C3=O)CC2)cc1. The molecule has 4 aliphatic rings. The molecule has 0 aromatic heterocycles. The number of carbonyl (C=O) groups excluding carboxylic acids is 3. The van der Waals surface area contributed by atoms with Crippen molar-refractivity contribution in [3.05, 3.63) is 29.8 Å². The minimum absolute atomic E-state index is 0.00609. The van der Waals surface area contributed by atoms with E-state index in [0.29, 0.717) is 11.8 Å². The molecule has 5 heteroatoms. The van der Waals surface area contributed by atoms with Crippen LogP contribution in [0.1, 0.15) is 50.5 Å². The predicted molar refractivity (Wildman–Crippen MR) is 105 cm³/mol. The zero-order chi connectivity index (χ0) is 19.4. The summed E-state index contributed by atoms with van der Waals surface area (Å²) in [5.41, 5.74) is 1.99. The Balaban J connectivity index is 1.20. The van der Waals surface area contributed by atoms with E-state index < -0.39 is 0 Å². The Bertz CT molecular complexity index is 782. The van der Waals surface area contributed by atoms with Crippen LogP contribution in [0, 0.1) is 36.5 Å². The van der Waals surface area contributed by atoms with E-state index in [2.05, 4.69) is 5.32 Å². The largest absolute Gasteiger partial charge is 0.326 e. The number of likely N-dealkylation sites (tertiary alicyclic amines) is 1. The van der Waals surface area contributed by atoms with Gasteiger partial charge < -0.3 is 5.32 Å². The first-order valence-electron chi connectivity index (χ1n) is 10.8. The lowest BCUT2D eigenvalue weighted by molar-refractivity contribution is -0.144. The van der Waals surface area contributed by atoms with Crippen LogP contribution in [0.15, 0.2) is 24.3 Å². The zero-order valence-electron chi connectivity index (χ0n) is 16.4. The van der Waals surface area contributed by atoms with E-state index in [1.807, 2.05) is 31.2 Å². The Morgan fingerprint density at radius 1 is 0.893 bits per heavy atom. The number of nitrogens with one attached hydrogen (secondary N) is 1. The molecule has 1 aromatic rings. The van der Waals surface area contributed by atoms with Crippen molar-refractivity contribution in [2.75, 3.05) is 5.32 Å². The third-order valence-corrected chi connectivity index (χ3v) is 7.71. The number of carbonyl (C=O) groups is 3. The standard InChI is InChI=1S/C23H28N2O3/c1-13-2-8-17(9-3-13)24-21(26)14-6-10-18(11-7-14)25-22(27)19-15-4-5-16(12-15)20(19)23(25)28/h2-3,8-9,14-16,18-20H,4-7,10-12H2,1H3,(H,24,26)/t14?,15-,16-,18?,19-,20+/m0/s1. The molecule has 3 aliphatic carbocycles. The summed E-state index contributed by atoms with van der Waals surface area (Å²) >= 11 is 0. The van der Waals surface area contributed by atoms with Crippen LogP contribution in [0.3, 0.4) is 0 Å². The monoisotopic (exact) mass is 380 g/mol. The van der Waals surface area contributed by atoms with E-state index in [-0.39, 0.29) is 41.5 Å². The minimum Gasteiger partial charge on any atom is -0.326 e. The molecule has 4 atom stereocenters. The van der Waals surface area contributed by atoms with Crippen molar-refractivity contribution in [3.63, 3.8) is 0 Å². The van der Waals surface area contributed by atoms with Crippen molar-refractivity contribution in [2.24, 2.45) is 29.6 Å². The maximum Gasteiger partial charge on any atom is 0.233 e. The number of fused-ring (bicyclic) bond motifs is 5. The molecule has 1 aliphatic heterocycles. The number of nitrogens with zero attached hydrogens (tertiary/aromatic N) is 1. The number of benzene rings is 1. The van der Waals surface area contributed by atoms with Crippen LogP contribution >= 0.6 is 0 Å². The lowest BCUT2D eigenvalue weighted by Crippen LogP contribution is -2.44. The van der Waals surface area contributed by atoms with Crippen LogP contribution in [-0.4, -0.2) is 28.7 Å². The van der Waals surface area contributed by atoms with Gasteiger partial charge in [-0.15, -0.1) is 0 Å². The van der Waals surface area contributed by atoms with Crippen molar-refractivity contribution < 1.29 is 14.4 Å². The maximum absolute atomic E-state index is 13.0. The molecule has 5 nitrogen and oxygen atoms in total. The first-order valence-corrected chi connectivity index (χ1v) is 10.8. The van der Waals surface area contributed by atoms with E-state index in [1.165, 1.54) is 0 Å². The Morgan fingerprint density at radius 2 is 1.46 bits per heavy atom. The van der Waals surface area contributed by atoms with E-state index in [4.69, 9.17) is 0 Å². The summed E-state index contributed by atoms with van der Waals surface area (Å²) in [6.07, 6.45) is 6.28. The Morgan fingerprint density at radius 3 is 2.04 bits per heavy atom. The molecule has 148 valence electrons. The average Bonchev–Trinajstić information content (AvgIpc) is 3.38. The number of rotatable bonds is 3. The average molecular weight is 380 g/mol. The second-order valence-electron chi connectivity index (χ2n) is 9.29. The fourth-order valence-electron chi connectivity index (χ4n) is 6.27. The highest BCUT2D eigenvalue weighted by Gasteiger charge is 2.61. The van der Waals surface area contributed by atoms with E-state index in [1.54, 1.807) is 4.90 Å². The predicted octanol–water partition coefficient (Wildman–Crippen LogP) is 3.52. The van der Waals surface area contributed by atoms with Gasteiger partial charge in [0.05, 0.1) is 11.8 Å². The lowest BCUT2D eigenvalue weighted by Gasteiger charge is -2.33. The van der Waals surface area contributed by atoms with Gasteiger partial charge in [-0.3, -0.25) is 19.3 Å². The highest BCUT2D eigenvalue weighted by molar-refractivity contribution is 6.06. The summed E-state index contributed by atoms with van der Waals surface area (Å²) in [5.74, 6) is 1.01. The first kappa shape index (κ1) is 17.9. The number of aryl methyl sites for hydroxylation is 1. The summed E-state index contributed by atoms with van der Waals surface area (Å²) in [6, 6.07) is 7.82.